The van der Waals surface area contributed by atoms with Gasteiger partial charge in [-0.25, -0.2) is 9.79 Å². The fourth-order valence-electron chi connectivity index (χ4n) is 1.80. The van der Waals surface area contributed by atoms with Crippen LogP contribution in [-0.4, -0.2) is 38.6 Å². The van der Waals surface area contributed by atoms with Crippen molar-refractivity contribution in [3.8, 4) is 5.75 Å². The van der Waals surface area contributed by atoms with Gasteiger partial charge < -0.3 is 18.5 Å². The zero-order chi connectivity index (χ0) is 18.7. The standard InChI is InChI=1S/C17H24NO6P/c1-5-22-17(19)16(12-13-25(20,23-6-2)24-7-3)18-14-8-10-15(21-4)11-9-14/h8-13H,5-7H2,1-4H3/b13-12-,18-16?. The summed E-state index contributed by atoms with van der Waals surface area (Å²) < 4.78 is 32.9. The van der Waals surface area contributed by atoms with Crippen molar-refractivity contribution in [1.29, 1.82) is 0 Å². The monoisotopic (exact) mass is 369 g/mol. The highest BCUT2D eigenvalue weighted by Gasteiger charge is 2.20. The lowest BCUT2D eigenvalue weighted by molar-refractivity contribution is -0.134. The van der Waals surface area contributed by atoms with Crippen molar-refractivity contribution >= 4 is 25.0 Å². The van der Waals surface area contributed by atoms with Crippen molar-refractivity contribution in [2.45, 2.75) is 20.8 Å². The topological polar surface area (TPSA) is 83.4 Å². The minimum atomic E-state index is -3.44. The summed E-state index contributed by atoms with van der Waals surface area (Å²) in [5.41, 5.74) is 0.516. The number of benzene rings is 1. The zero-order valence-corrected chi connectivity index (χ0v) is 15.8. The molecule has 1 aromatic carbocycles. The van der Waals surface area contributed by atoms with E-state index < -0.39 is 13.6 Å². The summed E-state index contributed by atoms with van der Waals surface area (Å²) in [5.74, 6) is 1.26. The highest BCUT2D eigenvalue weighted by Crippen LogP contribution is 2.49. The molecule has 0 fully saturated rings. The molecular weight excluding hydrogens is 345 g/mol. The summed E-state index contributed by atoms with van der Waals surface area (Å²) >= 11 is 0. The number of methoxy groups -OCH3 is 1. The smallest absolute Gasteiger partial charge is 0.356 e. The van der Waals surface area contributed by atoms with Gasteiger partial charge in [0.2, 0.25) is 0 Å². The molecule has 7 nitrogen and oxygen atoms in total. The van der Waals surface area contributed by atoms with E-state index in [1.54, 1.807) is 52.1 Å². The third-order valence-corrected chi connectivity index (χ3v) is 4.59. The molecule has 0 atom stereocenters. The summed E-state index contributed by atoms with van der Waals surface area (Å²) in [6, 6.07) is 6.82. The number of rotatable bonds is 10. The number of hydrogen-bond donors (Lipinski definition) is 0. The molecule has 0 spiro atoms. The minimum Gasteiger partial charge on any atom is -0.497 e. The van der Waals surface area contributed by atoms with Gasteiger partial charge in [-0.15, -0.1) is 0 Å². The van der Waals surface area contributed by atoms with Crippen LogP contribution in [0.5, 0.6) is 5.75 Å². The largest absolute Gasteiger partial charge is 0.497 e. The molecule has 0 bridgehead atoms. The third kappa shape index (κ3) is 7.22. The Morgan fingerprint density at radius 2 is 1.68 bits per heavy atom. The Balaban J connectivity index is 3.14. The highest BCUT2D eigenvalue weighted by molar-refractivity contribution is 7.57. The van der Waals surface area contributed by atoms with E-state index >= 15 is 0 Å². The van der Waals surface area contributed by atoms with Crippen molar-refractivity contribution in [3.05, 3.63) is 36.2 Å². The van der Waals surface area contributed by atoms with Crippen LogP contribution in [0, 0.1) is 0 Å². The number of ether oxygens (including phenoxy) is 2. The SMILES string of the molecule is CCOC(=O)C(/C=C\P(=O)(OCC)OCC)=Nc1ccc(OC)cc1. The van der Waals surface area contributed by atoms with E-state index in [2.05, 4.69) is 4.99 Å². The number of aliphatic imine (C=N–C) groups is 1. The Morgan fingerprint density at radius 1 is 1.08 bits per heavy atom. The maximum absolute atomic E-state index is 12.5. The third-order valence-electron chi connectivity index (χ3n) is 2.84. The van der Waals surface area contributed by atoms with E-state index in [-0.39, 0.29) is 25.5 Å². The van der Waals surface area contributed by atoms with Crippen molar-refractivity contribution in [1.82, 2.24) is 0 Å². The zero-order valence-electron chi connectivity index (χ0n) is 14.9. The predicted octanol–water partition coefficient (Wildman–Crippen LogP) is 4.11. The molecule has 0 saturated heterocycles. The Morgan fingerprint density at radius 3 is 2.16 bits per heavy atom. The van der Waals surface area contributed by atoms with Gasteiger partial charge in [0.15, 0.2) is 0 Å². The average molecular weight is 369 g/mol. The predicted molar refractivity (Wildman–Crippen MR) is 96.7 cm³/mol. The molecule has 0 amide bonds. The van der Waals surface area contributed by atoms with Crippen molar-refractivity contribution in [2.75, 3.05) is 26.9 Å². The lowest BCUT2D eigenvalue weighted by atomic mass is 10.3. The summed E-state index contributed by atoms with van der Waals surface area (Å²) in [7, 11) is -1.88. The molecule has 0 saturated carbocycles. The first-order chi connectivity index (χ1) is 12.0. The van der Waals surface area contributed by atoms with Crippen molar-refractivity contribution < 1.29 is 27.9 Å². The van der Waals surface area contributed by atoms with E-state index in [9.17, 15) is 9.36 Å². The first-order valence-electron chi connectivity index (χ1n) is 7.95. The first-order valence-corrected chi connectivity index (χ1v) is 9.57. The highest BCUT2D eigenvalue weighted by atomic mass is 31.2. The van der Waals surface area contributed by atoms with E-state index in [4.69, 9.17) is 18.5 Å². The van der Waals surface area contributed by atoms with Gasteiger partial charge in [0.25, 0.3) is 0 Å². The molecule has 0 N–H and O–H groups in total. The van der Waals surface area contributed by atoms with Crippen LogP contribution in [-0.2, 0) is 23.1 Å². The summed E-state index contributed by atoms with van der Waals surface area (Å²) in [6.45, 7) is 5.73. The van der Waals surface area contributed by atoms with Crippen LogP contribution in [0.4, 0.5) is 5.69 Å². The van der Waals surface area contributed by atoms with E-state index in [0.717, 1.165) is 0 Å². The quantitative estimate of drug-likeness (QED) is 0.351. The van der Waals surface area contributed by atoms with Gasteiger partial charge in [-0.05, 0) is 51.1 Å². The van der Waals surface area contributed by atoms with Crippen LogP contribution in [0.2, 0.25) is 0 Å². The maximum Gasteiger partial charge on any atom is 0.356 e. The van der Waals surface area contributed by atoms with Crippen molar-refractivity contribution in [2.24, 2.45) is 4.99 Å². The number of carbonyl (C=O) groups excluding carboxylic acids is 1. The molecule has 8 heteroatoms. The molecule has 25 heavy (non-hydrogen) atoms. The number of carbonyl (C=O) groups is 1. The van der Waals surface area contributed by atoms with Crippen LogP contribution >= 0.6 is 7.60 Å². The average Bonchev–Trinajstić information content (AvgIpc) is 2.59. The molecule has 0 radical (unpaired) electrons. The van der Waals surface area contributed by atoms with Crippen LogP contribution in [0.1, 0.15) is 20.8 Å². The molecule has 0 aliphatic rings. The van der Waals surface area contributed by atoms with Crippen LogP contribution in [0.3, 0.4) is 0 Å². The van der Waals surface area contributed by atoms with E-state index in [1.165, 1.54) is 11.9 Å². The summed E-state index contributed by atoms with van der Waals surface area (Å²) in [6.07, 6.45) is 1.30. The first kappa shape index (κ1) is 21.1. The van der Waals surface area contributed by atoms with Gasteiger partial charge >= 0.3 is 13.6 Å². The molecule has 0 aliphatic carbocycles. The molecule has 1 rings (SSSR count). The Bertz CT molecular complexity index is 644. The van der Waals surface area contributed by atoms with Gasteiger partial charge in [-0.3, -0.25) is 4.57 Å². The molecular formula is C17H24NO6P. The second-order valence-corrected chi connectivity index (χ2v) is 6.50. The molecule has 0 heterocycles. The minimum absolute atomic E-state index is 0.00773. The van der Waals surface area contributed by atoms with Crippen LogP contribution in [0.15, 0.2) is 41.2 Å². The summed E-state index contributed by atoms with van der Waals surface area (Å²) in [5, 5.41) is 0. The fraction of sp³-hybridized carbons (Fsp3) is 0.412. The van der Waals surface area contributed by atoms with E-state index in [0.29, 0.717) is 11.4 Å². The van der Waals surface area contributed by atoms with Gasteiger partial charge in [0, 0.05) is 5.82 Å². The lowest BCUT2D eigenvalue weighted by Gasteiger charge is -2.12. The summed E-state index contributed by atoms with van der Waals surface area (Å²) in [4.78, 5) is 16.3. The Kier molecular flexibility index (Phi) is 9.13. The molecule has 1 aromatic rings. The van der Waals surface area contributed by atoms with Crippen LogP contribution in [0.25, 0.3) is 0 Å². The second kappa shape index (κ2) is 10.8. The number of nitrogens with zero attached hydrogens (tertiary/aromatic N) is 1. The molecule has 0 unspecified atom stereocenters. The Hall–Kier alpha value is -1.95. The van der Waals surface area contributed by atoms with Gasteiger partial charge in [-0.1, -0.05) is 0 Å². The maximum atomic E-state index is 12.5. The van der Waals surface area contributed by atoms with Crippen molar-refractivity contribution in [3.63, 3.8) is 0 Å². The lowest BCUT2D eigenvalue weighted by Crippen LogP contribution is -2.15. The number of esters is 1. The fourth-order valence-corrected chi connectivity index (χ4v) is 3.09. The van der Waals surface area contributed by atoms with Crippen LogP contribution < -0.4 is 4.74 Å². The Labute approximate surface area is 148 Å². The number of hydrogen-bond acceptors (Lipinski definition) is 7. The molecule has 138 valence electrons. The second-order valence-electron chi connectivity index (χ2n) is 4.61. The van der Waals surface area contributed by atoms with E-state index in [1.807, 2.05) is 0 Å². The normalized spacial score (nSPS) is 12.4. The van der Waals surface area contributed by atoms with Gasteiger partial charge in [0.05, 0.1) is 32.6 Å². The van der Waals surface area contributed by atoms with Gasteiger partial charge in [-0.2, -0.15) is 0 Å². The molecule has 0 aliphatic heterocycles. The molecule has 0 aromatic heterocycles. The van der Waals surface area contributed by atoms with Gasteiger partial charge in [0.1, 0.15) is 11.5 Å².